The zero-order valence-electron chi connectivity index (χ0n) is 11.0. The molecule has 5 nitrogen and oxygen atoms in total. The largest absolute Gasteiger partial charge is 0.452 e. The molecular formula is C14H9Cl2FN2O3. The summed E-state index contributed by atoms with van der Waals surface area (Å²) < 4.78 is 17.8. The predicted octanol–water partition coefficient (Wildman–Crippen LogP) is 3.32. The van der Waals surface area contributed by atoms with E-state index >= 15 is 0 Å². The summed E-state index contributed by atoms with van der Waals surface area (Å²) in [5.74, 6) is -1.97. The van der Waals surface area contributed by atoms with E-state index in [1.165, 1.54) is 30.5 Å². The van der Waals surface area contributed by atoms with Crippen molar-refractivity contribution < 1.29 is 18.7 Å². The maximum Gasteiger partial charge on any atom is 0.341 e. The number of anilines is 1. The van der Waals surface area contributed by atoms with Crippen molar-refractivity contribution in [3.8, 4) is 0 Å². The summed E-state index contributed by atoms with van der Waals surface area (Å²) in [6, 6.07) is 6.63. The molecule has 0 spiro atoms. The zero-order chi connectivity index (χ0) is 16.1. The number of carbonyl (C=O) groups excluding carboxylic acids is 2. The van der Waals surface area contributed by atoms with Gasteiger partial charge in [0.2, 0.25) is 0 Å². The first-order chi connectivity index (χ1) is 10.5. The second kappa shape index (κ2) is 7.20. The summed E-state index contributed by atoms with van der Waals surface area (Å²) in [5, 5.41) is 2.27. The third-order valence-electron chi connectivity index (χ3n) is 2.52. The van der Waals surface area contributed by atoms with Gasteiger partial charge in [-0.15, -0.1) is 0 Å². The Balaban J connectivity index is 1.91. The Morgan fingerprint density at radius 1 is 1.27 bits per heavy atom. The minimum atomic E-state index is -0.773. The third kappa shape index (κ3) is 4.16. The highest BCUT2D eigenvalue weighted by molar-refractivity contribution is 6.32. The Labute approximate surface area is 135 Å². The lowest BCUT2D eigenvalue weighted by Crippen LogP contribution is -2.21. The number of nitrogens with zero attached hydrogens (tertiary/aromatic N) is 1. The van der Waals surface area contributed by atoms with Gasteiger partial charge in [-0.3, -0.25) is 4.79 Å². The molecule has 1 N–H and O–H groups in total. The molecule has 1 heterocycles. The van der Waals surface area contributed by atoms with E-state index in [0.29, 0.717) is 0 Å². The van der Waals surface area contributed by atoms with Gasteiger partial charge in [0.1, 0.15) is 11.0 Å². The Bertz CT molecular complexity index is 725. The standard InChI is InChI=1S/C14H9Cl2FN2O3/c15-10-6-8(3-4-11(10)17)19-12(20)7-22-14(21)9-2-1-5-18-13(9)16/h1-6H,7H2,(H,19,20). The monoisotopic (exact) mass is 342 g/mol. The fourth-order valence-corrected chi connectivity index (χ4v) is 1.90. The van der Waals surface area contributed by atoms with E-state index in [1.807, 2.05) is 0 Å². The van der Waals surface area contributed by atoms with Crippen LogP contribution >= 0.6 is 23.2 Å². The van der Waals surface area contributed by atoms with Crippen LogP contribution in [0.15, 0.2) is 36.5 Å². The van der Waals surface area contributed by atoms with Crippen LogP contribution in [0.2, 0.25) is 10.2 Å². The van der Waals surface area contributed by atoms with Gasteiger partial charge >= 0.3 is 5.97 Å². The van der Waals surface area contributed by atoms with Gasteiger partial charge in [0.05, 0.1) is 10.6 Å². The van der Waals surface area contributed by atoms with Crippen LogP contribution < -0.4 is 5.32 Å². The number of nitrogens with one attached hydrogen (secondary N) is 1. The van der Waals surface area contributed by atoms with E-state index in [4.69, 9.17) is 27.9 Å². The number of carbonyl (C=O) groups is 2. The zero-order valence-corrected chi connectivity index (χ0v) is 12.5. The molecule has 0 saturated carbocycles. The molecule has 8 heteroatoms. The molecule has 0 fully saturated rings. The Morgan fingerprint density at radius 3 is 2.73 bits per heavy atom. The molecule has 0 aliphatic heterocycles. The fraction of sp³-hybridized carbons (Fsp3) is 0.0714. The molecule has 1 aromatic heterocycles. The number of rotatable bonds is 4. The van der Waals surface area contributed by atoms with Crippen molar-refractivity contribution in [2.75, 3.05) is 11.9 Å². The van der Waals surface area contributed by atoms with Crippen LogP contribution in [0.5, 0.6) is 0 Å². The van der Waals surface area contributed by atoms with Gasteiger partial charge in [-0.05, 0) is 30.3 Å². The van der Waals surface area contributed by atoms with Gasteiger partial charge in [0.25, 0.3) is 5.91 Å². The molecule has 0 atom stereocenters. The summed E-state index contributed by atoms with van der Waals surface area (Å²) in [4.78, 5) is 27.1. The van der Waals surface area contributed by atoms with Crippen molar-refractivity contribution in [1.29, 1.82) is 0 Å². The minimum Gasteiger partial charge on any atom is -0.452 e. The quantitative estimate of drug-likeness (QED) is 0.683. The lowest BCUT2D eigenvalue weighted by molar-refractivity contribution is -0.119. The molecule has 1 amide bonds. The Kier molecular flexibility index (Phi) is 5.30. The molecule has 0 bridgehead atoms. The van der Waals surface area contributed by atoms with Crippen LogP contribution in [0, 0.1) is 5.82 Å². The van der Waals surface area contributed by atoms with E-state index in [9.17, 15) is 14.0 Å². The molecule has 22 heavy (non-hydrogen) atoms. The number of hydrogen-bond donors (Lipinski definition) is 1. The van der Waals surface area contributed by atoms with Gasteiger partial charge in [-0.2, -0.15) is 0 Å². The average Bonchev–Trinajstić information content (AvgIpc) is 2.49. The van der Waals surface area contributed by atoms with Crippen molar-refractivity contribution in [2.24, 2.45) is 0 Å². The summed E-state index contributed by atoms with van der Waals surface area (Å²) in [5.41, 5.74) is 0.341. The number of halogens is 3. The number of benzene rings is 1. The fourth-order valence-electron chi connectivity index (χ4n) is 1.52. The number of aromatic nitrogens is 1. The Morgan fingerprint density at radius 2 is 2.05 bits per heavy atom. The number of pyridine rings is 1. The molecule has 0 saturated heterocycles. The van der Waals surface area contributed by atoms with Crippen molar-refractivity contribution in [2.45, 2.75) is 0 Å². The van der Waals surface area contributed by atoms with Crippen molar-refractivity contribution >= 4 is 40.8 Å². The molecule has 2 rings (SSSR count). The number of ether oxygens (including phenoxy) is 1. The molecule has 0 aliphatic rings. The molecule has 0 aliphatic carbocycles. The Hall–Kier alpha value is -2.18. The highest BCUT2D eigenvalue weighted by atomic mass is 35.5. The van der Waals surface area contributed by atoms with E-state index in [2.05, 4.69) is 10.3 Å². The van der Waals surface area contributed by atoms with E-state index in [0.717, 1.165) is 6.07 Å². The van der Waals surface area contributed by atoms with Crippen LogP contribution in [0.1, 0.15) is 10.4 Å². The lowest BCUT2D eigenvalue weighted by atomic mass is 10.3. The van der Waals surface area contributed by atoms with Gasteiger partial charge in [0.15, 0.2) is 6.61 Å². The highest BCUT2D eigenvalue weighted by Crippen LogP contribution is 2.19. The van der Waals surface area contributed by atoms with Crippen LogP contribution in [0.4, 0.5) is 10.1 Å². The van der Waals surface area contributed by atoms with Gasteiger partial charge in [0, 0.05) is 11.9 Å². The maximum absolute atomic E-state index is 13.0. The van der Waals surface area contributed by atoms with Gasteiger partial charge in [-0.25, -0.2) is 14.2 Å². The van der Waals surface area contributed by atoms with E-state index in [1.54, 1.807) is 0 Å². The molecular weight excluding hydrogens is 334 g/mol. The molecule has 0 unspecified atom stereocenters. The topological polar surface area (TPSA) is 68.3 Å². The average molecular weight is 343 g/mol. The molecule has 1 aromatic carbocycles. The first kappa shape index (κ1) is 16.2. The molecule has 0 radical (unpaired) electrons. The van der Waals surface area contributed by atoms with Crippen LogP contribution in [-0.4, -0.2) is 23.5 Å². The van der Waals surface area contributed by atoms with Crippen LogP contribution in [-0.2, 0) is 9.53 Å². The maximum atomic E-state index is 13.0. The highest BCUT2D eigenvalue weighted by Gasteiger charge is 2.14. The smallest absolute Gasteiger partial charge is 0.341 e. The van der Waals surface area contributed by atoms with Crippen LogP contribution in [0.3, 0.4) is 0 Å². The van der Waals surface area contributed by atoms with Crippen molar-refractivity contribution in [1.82, 2.24) is 4.98 Å². The number of hydrogen-bond acceptors (Lipinski definition) is 4. The van der Waals surface area contributed by atoms with Crippen LogP contribution in [0.25, 0.3) is 0 Å². The van der Waals surface area contributed by atoms with E-state index < -0.39 is 24.3 Å². The second-order valence-corrected chi connectivity index (χ2v) is 4.86. The van der Waals surface area contributed by atoms with Crippen molar-refractivity contribution in [3.05, 3.63) is 58.1 Å². The molecule has 114 valence electrons. The normalized spacial score (nSPS) is 10.1. The molecule has 2 aromatic rings. The first-order valence-corrected chi connectivity index (χ1v) is 6.75. The third-order valence-corrected chi connectivity index (χ3v) is 3.11. The SMILES string of the molecule is O=C(COC(=O)c1cccnc1Cl)Nc1ccc(F)c(Cl)c1. The van der Waals surface area contributed by atoms with Gasteiger partial charge < -0.3 is 10.1 Å². The summed E-state index contributed by atoms with van der Waals surface area (Å²) >= 11 is 11.3. The predicted molar refractivity (Wildman–Crippen MR) is 79.6 cm³/mol. The summed E-state index contributed by atoms with van der Waals surface area (Å²) in [6.07, 6.45) is 1.42. The van der Waals surface area contributed by atoms with E-state index in [-0.39, 0.29) is 21.4 Å². The number of amides is 1. The van der Waals surface area contributed by atoms with Gasteiger partial charge in [-0.1, -0.05) is 23.2 Å². The van der Waals surface area contributed by atoms with Crippen molar-refractivity contribution in [3.63, 3.8) is 0 Å². The lowest BCUT2D eigenvalue weighted by Gasteiger charge is -2.07. The summed E-state index contributed by atoms with van der Waals surface area (Å²) in [7, 11) is 0. The number of esters is 1. The first-order valence-electron chi connectivity index (χ1n) is 6.00. The second-order valence-electron chi connectivity index (χ2n) is 4.09. The minimum absolute atomic E-state index is 0.0155. The summed E-state index contributed by atoms with van der Waals surface area (Å²) in [6.45, 7) is -0.529.